The summed E-state index contributed by atoms with van der Waals surface area (Å²) in [6.45, 7) is 3.03. The number of halogens is 1. The van der Waals surface area contributed by atoms with Crippen molar-refractivity contribution in [1.29, 1.82) is 0 Å². The van der Waals surface area contributed by atoms with Gasteiger partial charge in [-0.1, -0.05) is 17.3 Å². The molecule has 4 aromatic rings. The summed E-state index contributed by atoms with van der Waals surface area (Å²) in [5, 5.41) is 14.5. The number of carbonyl (C=O) groups is 1. The van der Waals surface area contributed by atoms with E-state index in [0.29, 0.717) is 27.9 Å². The van der Waals surface area contributed by atoms with Crippen LogP contribution in [-0.2, 0) is 4.79 Å². The Balaban J connectivity index is 1.98. The van der Waals surface area contributed by atoms with E-state index in [2.05, 4.69) is 10.1 Å². The van der Waals surface area contributed by atoms with Crippen LogP contribution in [0.2, 0.25) is 0 Å². The van der Waals surface area contributed by atoms with Crippen molar-refractivity contribution in [3.05, 3.63) is 78.4 Å². The summed E-state index contributed by atoms with van der Waals surface area (Å²) in [5.41, 5.74) is 3.04. The van der Waals surface area contributed by atoms with Crippen LogP contribution in [0.1, 0.15) is 12.5 Å². The maximum atomic E-state index is 13.8. The van der Waals surface area contributed by atoms with Gasteiger partial charge in [-0.05, 0) is 60.5 Å². The van der Waals surface area contributed by atoms with E-state index >= 15 is 0 Å². The summed E-state index contributed by atoms with van der Waals surface area (Å²) in [6, 6.07) is 14.6. The molecule has 0 aliphatic rings. The molecule has 0 fully saturated rings. The first kappa shape index (κ1) is 19.3. The van der Waals surface area contributed by atoms with E-state index in [9.17, 15) is 14.3 Å². The van der Waals surface area contributed by atoms with Gasteiger partial charge in [-0.25, -0.2) is 9.29 Å². The third-order valence-corrected chi connectivity index (χ3v) is 4.72. The van der Waals surface area contributed by atoms with E-state index in [4.69, 9.17) is 4.52 Å². The van der Waals surface area contributed by atoms with Crippen LogP contribution in [-0.4, -0.2) is 21.2 Å². The van der Waals surface area contributed by atoms with Crippen LogP contribution < -0.4 is 4.90 Å². The lowest BCUT2D eigenvalue weighted by Gasteiger charge is -2.20. The zero-order valence-electron chi connectivity index (χ0n) is 16.3. The second kappa shape index (κ2) is 7.79. The number of phenolic OH excluding ortho intramolecular Hbond substituents is 1. The quantitative estimate of drug-likeness (QED) is 0.504. The minimum atomic E-state index is -0.371. The van der Waals surface area contributed by atoms with Gasteiger partial charge in [0.25, 0.3) is 0 Å². The van der Waals surface area contributed by atoms with Crippen molar-refractivity contribution in [1.82, 2.24) is 10.1 Å². The van der Waals surface area contributed by atoms with Gasteiger partial charge in [-0.2, -0.15) is 0 Å². The third kappa shape index (κ3) is 3.41. The Bertz CT molecular complexity index is 1220. The maximum absolute atomic E-state index is 13.8. The fourth-order valence-electron chi connectivity index (χ4n) is 3.28. The summed E-state index contributed by atoms with van der Waals surface area (Å²) >= 11 is 0. The smallest absolute Gasteiger partial charge is 0.247 e. The normalized spacial score (nSPS) is 10.8. The molecule has 2 heterocycles. The minimum Gasteiger partial charge on any atom is -0.506 e. The maximum Gasteiger partial charge on any atom is 0.247 e. The molecule has 0 spiro atoms. The fraction of sp³-hybridized carbons (Fsp3) is 0.0870. The number of hydrogen-bond donors (Lipinski definition) is 1. The van der Waals surface area contributed by atoms with Gasteiger partial charge in [0.2, 0.25) is 11.8 Å². The molecule has 0 atom stereocenters. The molecule has 7 heteroatoms. The number of aromatic hydroxyl groups is 1. The molecule has 30 heavy (non-hydrogen) atoms. The highest BCUT2D eigenvalue weighted by molar-refractivity contribution is 6.04. The number of nitrogens with zero attached hydrogens (tertiary/aromatic N) is 3. The highest BCUT2D eigenvalue weighted by Crippen LogP contribution is 2.43. The van der Waals surface area contributed by atoms with Crippen LogP contribution in [0.15, 0.2) is 71.5 Å². The molecular formula is C23H18FN3O3. The molecule has 4 rings (SSSR count). The molecule has 0 aliphatic carbocycles. The summed E-state index contributed by atoms with van der Waals surface area (Å²) in [7, 11) is 0. The molecule has 0 aliphatic heterocycles. The molecule has 0 radical (unpaired) electrons. The van der Waals surface area contributed by atoms with Gasteiger partial charge in [0.1, 0.15) is 17.3 Å². The van der Waals surface area contributed by atoms with Gasteiger partial charge in [-0.3, -0.25) is 9.78 Å². The van der Waals surface area contributed by atoms with Crippen LogP contribution >= 0.6 is 0 Å². The fourth-order valence-corrected chi connectivity index (χ4v) is 3.28. The van der Waals surface area contributed by atoms with E-state index in [1.54, 1.807) is 61.8 Å². The average molecular weight is 403 g/mol. The van der Waals surface area contributed by atoms with E-state index in [0.717, 1.165) is 0 Å². The van der Waals surface area contributed by atoms with Crippen molar-refractivity contribution in [2.24, 2.45) is 0 Å². The largest absolute Gasteiger partial charge is 0.506 e. The molecule has 150 valence electrons. The van der Waals surface area contributed by atoms with Gasteiger partial charge in [0, 0.05) is 24.9 Å². The topological polar surface area (TPSA) is 79.5 Å². The number of para-hydroxylation sites is 2. The predicted molar refractivity (Wildman–Crippen MR) is 111 cm³/mol. The number of aromatic nitrogens is 2. The van der Waals surface area contributed by atoms with E-state index in [1.807, 2.05) is 0 Å². The first-order valence-electron chi connectivity index (χ1n) is 9.22. The van der Waals surface area contributed by atoms with Gasteiger partial charge >= 0.3 is 0 Å². The Kier molecular flexibility index (Phi) is 5.02. The first-order chi connectivity index (χ1) is 14.5. The lowest BCUT2D eigenvalue weighted by atomic mass is 10.00. The van der Waals surface area contributed by atoms with E-state index in [-0.39, 0.29) is 29.0 Å². The van der Waals surface area contributed by atoms with Gasteiger partial charge < -0.3 is 9.63 Å². The van der Waals surface area contributed by atoms with Crippen LogP contribution in [0.25, 0.3) is 22.4 Å². The summed E-state index contributed by atoms with van der Waals surface area (Å²) in [4.78, 5) is 17.9. The van der Waals surface area contributed by atoms with Crippen molar-refractivity contribution in [2.75, 3.05) is 4.90 Å². The van der Waals surface area contributed by atoms with Crippen molar-refractivity contribution in [2.45, 2.75) is 13.8 Å². The molecule has 2 aromatic carbocycles. The van der Waals surface area contributed by atoms with Crippen molar-refractivity contribution >= 4 is 17.5 Å². The SMILES string of the molecule is CC(=O)N(c1ccccc1O)c1onc(-c2ccc(F)c(C)c2)c1-c1ccncc1. The minimum absolute atomic E-state index is 0.0797. The molecule has 0 bridgehead atoms. The second-order valence-corrected chi connectivity index (χ2v) is 6.75. The van der Waals surface area contributed by atoms with Gasteiger partial charge in [0.15, 0.2) is 0 Å². The Morgan fingerprint density at radius 1 is 1.07 bits per heavy atom. The van der Waals surface area contributed by atoms with Gasteiger partial charge in [-0.15, -0.1) is 0 Å². The highest BCUT2D eigenvalue weighted by Gasteiger charge is 2.29. The lowest BCUT2D eigenvalue weighted by Crippen LogP contribution is -2.23. The molecule has 0 saturated carbocycles. The average Bonchev–Trinajstić information content (AvgIpc) is 3.16. The zero-order valence-corrected chi connectivity index (χ0v) is 16.3. The summed E-state index contributed by atoms with van der Waals surface area (Å²) in [5.74, 6) is -0.631. The Labute approximate surface area is 172 Å². The Morgan fingerprint density at radius 3 is 2.47 bits per heavy atom. The number of anilines is 2. The van der Waals surface area contributed by atoms with E-state index in [1.165, 1.54) is 24.0 Å². The number of phenols is 1. The number of pyridine rings is 1. The monoisotopic (exact) mass is 403 g/mol. The third-order valence-electron chi connectivity index (χ3n) is 4.72. The number of rotatable bonds is 4. The number of amides is 1. The van der Waals surface area contributed by atoms with Crippen molar-refractivity contribution < 1.29 is 18.8 Å². The molecule has 0 unspecified atom stereocenters. The molecule has 1 amide bonds. The van der Waals surface area contributed by atoms with Gasteiger partial charge in [0.05, 0.1) is 11.3 Å². The summed E-state index contributed by atoms with van der Waals surface area (Å²) < 4.78 is 19.4. The zero-order chi connectivity index (χ0) is 21.3. The highest BCUT2D eigenvalue weighted by atomic mass is 19.1. The Morgan fingerprint density at radius 2 is 1.80 bits per heavy atom. The molecule has 1 N–H and O–H groups in total. The number of aryl methyl sites for hydroxylation is 1. The van der Waals surface area contributed by atoms with Crippen LogP contribution in [0.5, 0.6) is 5.75 Å². The lowest BCUT2D eigenvalue weighted by molar-refractivity contribution is -0.116. The van der Waals surface area contributed by atoms with Crippen molar-refractivity contribution in [3.63, 3.8) is 0 Å². The first-order valence-corrected chi connectivity index (χ1v) is 9.22. The number of carbonyl (C=O) groups excluding carboxylic acids is 1. The number of hydrogen-bond acceptors (Lipinski definition) is 5. The summed E-state index contributed by atoms with van der Waals surface area (Å²) in [6.07, 6.45) is 3.23. The molecule has 0 saturated heterocycles. The second-order valence-electron chi connectivity index (χ2n) is 6.75. The standard InChI is InChI=1S/C23H18FN3O3/c1-14-13-17(7-8-18(14)24)22-21(16-9-11-25-12-10-16)23(30-26-22)27(15(2)28)19-5-3-4-6-20(19)29/h3-13,29H,1-2H3. The van der Waals surface area contributed by atoms with E-state index < -0.39 is 0 Å². The van der Waals surface area contributed by atoms with Crippen molar-refractivity contribution in [3.8, 4) is 28.1 Å². The predicted octanol–water partition coefficient (Wildman–Crippen LogP) is 5.24. The molecule has 2 aromatic heterocycles. The number of benzene rings is 2. The molecule has 6 nitrogen and oxygen atoms in total. The molecular weight excluding hydrogens is 385 g/mol. The van der Waals surface area contributed by atoms with Crippen LogP contribution in [0, 0.1) is 12.7 Å². The van der Waals surface area contributed by atoms with Crippen LogP contribution in [0.3, 0.4) is 0 Å². The Hall–Kier alpha value is -4.00. The van der Waals surface area contributed by atoms with Crippen LogP contribution in [0.4, 0.5) is 16.0 Å².